The molecule has 2 aromatic carbocycles. The van der Waals surface area contributed by atoms with E-state index in [0.717, 1.165) is 30.2 Å². The highest BCUT2D eigenvalue weighted by molar-refractivity contribution is 14.0. The highest BCUT2D eigenvalue weighted by atomic mass is 127. The first kappa shape index (κ1) is 24.7. The molecule has 0 aliphatic heterocycles. The average molecular weight is 535 g/mol. The zero-order valence-corrected chi connectivity index (χ0v) is 20.3. The van der Waals surface area contributed by atoms with Crippen LogP contribution in [0.25, 0.3) is 0 Å². The minimum absolute atomic E-state index is 0. The second-order valence-corrected chi connectivity index (χ2v) is 6.73. The number of methoxy groups -OCH3 is 1. The highest BCUT2D eigenvalue weighted by Crippen LogP contribution is 2.17. The van der Waals surface area contributed by atoms with Crippen molar-refractivity contribution in [1.82, 2.24) is 14.9 Å². The molecule has 0 aliphatic carbocycles. The van der Waals surface area contributed by atoms with Gasteiger partial charge in [0, 0.05) is 57.9 Å². The molecule has 0 saturated carbocycles. The Labute approximate surface area is 200 Å². The van der Waals surface area contributed by atoms with Gasteiger partial charge >= 0.3 is 0 Å². The number of aromatic nitrogens is 2. The summed E-state index contributed by atoms with van der Waals surface area (Å²) < 4.78 is 12.9. The molecule has 8 heteroatoms. The van der Waals surface area contributed by atoms with Gasteiger partial charge in [0.05, 0.1) is 13.2 Å². The second-order valence-electron chi connectivity index (χ2n) is 6.73. The second kappa shape index (κ2) is 13.7. The van der Waals surface area contributed by atoms with E-state index in [1.54, 1.807) is 14.2 Å². The van der Waals surface area contributed by atoms with Crippen molar-refractivity contribution in [3.05, 3.63) is 78.4 Å². The van der Waals surface area contributed by atoms with Crippen molar-refractivity contribution in [3.8, 4) is 5.75 Å². The van der Waals surface area contributed by atoms with Crippen LogP contribution in [0.15, 0.2) is 72.0 Å². The third kappa shape index (κ3) is 8.22. The van der Waals surface area contributed by atoms with E-state index in [4.69, 9.17) is 9.47 Å². The summed E-state index contributed by atoms with van der Waals surface area (Å²) in [5.41, 5.74) is 2.14. The number of anilines is 1. The molecule has 1 heterocycles. The molecule has 166 valence electrons. The lowest BCUT2D eigenvalue weighted by Gasteiger charge is -2.14. The van der Waals surface area contributed by atoms with Crippen LogP contribution in [-0.2, 0) is 17.8 Å². The molecular formula is C23H30IN5O2. The molecule has 3 rings (SSSR count). The van der Waals surface area contributed by atoms with Gasteiger partial charge < -0.3 is 24.7 Å². The van der Waals surface area contributed by atoms with E-state index in [9.17, 15) is 0 Å². The standard InChI is InChI=1S/C23H29N5O2.HI/c1-24-23(27-20-10-6-11-21(16-20)30-15-7-14-29-2)26-17-22-25-12-13-28(22)18-19-8-4-3-5-9-19;/h3-6,8-13,16H,7,14-15,17-18H2,1-2H3,(H2,24,26,27);1H. The summed E-state index contributed by atoms with van der Waals surface area (Å²) in [5, 5.41) is 6.62. The predicted molar refractivity (Wildman–Crippen MR) is 135 cm³/mol. The van der Waals surface area contributed by atoms with Crippen LogP contribution in [0, 0.1) is 0 Å². The van der Waals surface area contributed by atoms with Gasteiger partial charge in [-0.2, -0.15) is 0 Å². The smallest absolute Gasteiger partial charge is 0.195 e. The van der Waals surface area contributed by atoms with Crippen molar-refractivity contribution in [2.45, 2.75) is 19.5 Å². The zero-order chi connectivity index (χ0) is 21.0. The van der Waals surface area contributed by atoms with Crippen molar-refractivity contribution < 1.29 is 9.47 Å². The van der Waals surface area contributed by atoms with E-state index >= 15 is 0 Å². The molecule has 0 saturated heterocycles. The van der Waals surface area contributed by atoms with Gasteiger partial charge in [-0.1, -0.05) is 36.4 Å². The van der Waals surface area contributed by atoms with Gasteiger partial charge in [-0.25, -0.2) is 4.98 Å². The number of halogens is 1. The fraction of sp³-hybridized carbons (Fsp3) is 0.304. The molecular weight excluding hydrogens is 505 g/mol. The molecule has 0 bridgehead atoms. The molecule has 0 radical (unpaired) electrons. The molecule has 31 heavy (non-hydrogen) atoms. The summed E-state index contributed by atoms with van der Waals surface area (Å²) >= 11 is 0. The van der Waals surface area contributed by atoms with Gasteiger partial charge in [-0.05, 0) is 17.7 Å². The Morgan fingerprint density at radius 3 is 2.71 bits per heavy atom. The van der Waals surface area contributed by atoms with Crippen LogP contribution >= 0.6 is 24.0 Å². The van der Waals surface area contributed by atoms with E-state index in [1.165, 1.54) is 5.56 Å². The summed E-state index contributed by atoms with van der Waals surface area (Å²) in [6.45, 7) is 2.65. The predicted octanol–water partition coefficient (Wildman–Crippen LogP) is 4.15. The van der Waals surface area contributed by atoms with Crippen LogP contribution in [0.1, 0.15) is 17.8 Å². The van der Waals surface area contributed by atoms with Gasteiger partial charge in [0.1, 0.15) is 11.6 Å². The third-order valence-corrected chi connectivity index (χ3v) is 4.49. The van der Waals surface area contributed by atoms with Crippen molar-refractivity contribution in [3.63, 3.8) is 0 Å². The van der Waals surface area contributed by atoms with Crippen molar-refractivity contribution >= 4 is 35.6 Å². The van der Waals surface area contributed by atoms with E-state index < -0.39 is 0 Å². The van der Waals surface area contributed by atoms with E-state index in [0.29, 0.717) is 25.7 Å². The first-order chi connectivity index (χ1) is 14.8. The topological polar surface area (TPSA) is 72.7 Å². The van der Waals surface area contributed by atoms with Gasteiger partial charge in [0.15, 0.2) is 5.96 Å². The number of rotatable bonds is 10. The lowest BCUT2D eigenvalue weighted by atomic mass is 10.2. The summed E-state index contributed by atoms with van der Waals surface area (Å²) in [5.74, 6) is 2.42. The Hall–Kier alpha value is -2.59. The molecule has 0 aliphatic rings. The quantitative estimate of drug-likeness (QED) is 0.177. The first-order valence-corrected chi connectivity index (χ1v) is 10.0. The fourth-order valence-electron chi connectivity index (χ4n) is 2.97. The minimum atomic E-state index is 0. The van der Waals surface area contributed by atoms with Gasteiger partial charge in [0.25, 0.3) is 0 Å². The number of aliphatic imine (C=N–C) groups is 1. The summed E-state index contributed by atoms with van der Waals surface area (Å²) in [7, 11) is 3.44. The Balaban J connectivity index is 0.00000341. The summed E-state index contributed by atoms with van der Waals surface area (Å²) in [6, 6.07) is 18.2. The number of guanidine groups is 1. The monoisotopic (exact) mass is 535 g/mol. The van der Waals surface area contributed by atoms with Crippen LogP contribution in [0.3, 0.4) is 0 Å². The lowest BCUT2D eigenvalue weighted by Crippen LogP contribution is -2.31. The number of imidazole rings is 1. The first-order valence-electron chi connectivity index (χ1n) is 10.0. The number of nitrogens with one attached hydrogen (secondary N) is 2. The third-order valence-electron chi connectivity index (χ3n) is 4.49. The van der Waals surface area contributed by atoms with Crippen LogP contribution in [0.5, 0.6) is 5.75 Å². The highest BCUT2D eigenvalue weighted by Gasteiger charge is 2.06. The van der Waals surface area contributed by atoms with E-state index in [-0.39, 0.29) is 24.0 Å². The molecule has 2 N–H and O–H groups in total. The number of benzene rings is 2. The minimum Gasteiger partial charge on any atom is -0.493 e. The maximum Gasteiger partial charge on any atom is 0.195 e. The SMILES string of the molecule is CN=C(NCc1nccn1Cc1ccccc1)Nc1cccc(OCCCOC)c1.I. The molecule has 1 aromatic heterocycles. The maximum absolute atomic E-state index is 5.76. The molecule has 0 amide bonds. The van der Waals surface area contributed by atoms with E-state index in [1.807, 2.05) is 54.9 Å². The van der Waals surface area contributed by atoms with Crippen molar-refractivity contribution in [2.24, 2.45) is 4.99 Å². The maximum atomic E-state index is 5.76. The van der Waals surface area contributed by atoms with Gasteiger partial charge in [-0.3, -0.25) is 4.99 Å². The number of ether oxygens (including phenoxy) is 2. The Bertz CT molecular complexity index is 930. The number of nitrogens with zero attached hydrogens (tertiary/aromatic N) is 3. The average Bonchev–Trinajstić information content (AvgIpc) is 3.22. The largest absolute Gasteiger partial charge is 0.493 e. The Kier molecular flexibility index (Phi) is 10.9. The number of hydrogen-bond acceptors (Lipinski definition) is 4. The molecule has 3 aromatic rings. The molecule has 0 unspecified atom stereocenters. The fourth-order valence-corrected chi connectivity index (χ4v) is 2.97. The lowest BCUT2D eigenvalue weighted by molar-refractivity contribution is 0.172. The van der Waals surface area contributed by atoms with Gasteiger partial charge in [-0.15, -0.1) is 24.0 Å². The van der Waals surface area contributed by atoms with Crippen molar-refractivity contribution in [1.29, 1.82) is 0 Å². The molecule has 0 spiro atoms. The van der Waals surface area contributed by atoms with E-state index in [2.05, 4.69) is 37.3 Å². The summed E-state index contributed by atoms with van der Waals surface area (Å²) in [6.07, 6.45) is 4.66. The van der Waals surface area contributed by atoms with Crippen LogP contribution in [0.2, 0.25) is 0 Å². The van der Waals surface area contributed by atoms with Crippen LogP contribution < -0.4 is 15.4 Å². The zero-order valence-electron chi connectivity index (χ0n) is 18.0. The molecule has 0 atom stereocenters. The molecule has 7 nitrogen and oxygen atoms in total. The Morgan fingerprint density at radius 1 is 1.10 bits per heavy atom. The van der Waals surface area contributed by atoms with Gasteiger partial charge in [0.2, 0.25) is 0 Å². The van der Waals surface area contributed by atoms with Crippen LogP contribution in [0.4, 0.5) is 5.69 Å². The summed E-state index contributed by atoms with van der Waals surface area (Å²) in [4.78, 5) is 8.79. The van der Waals surface area contributed by atoms with Crippen molar-refractivity contribution in [2.75, 3.05) is 32.7 Å². The van der Waals surface area contributed by atoms with Crippen LogP contribution in [-0.4, -0.2) is 42.9 Å². The normalized spacial score (nSPS) is 11.0. The molecule has 0 fully saturated rings. The number of hydrogen-bond donors (Lipinski definition) is 2. The Morgan fingerprint density at radius 2 is 1.94 bits per heavy atom.